The van der Waals surface area contributed by atoms with Gasteiger partial charge in [-0.25, -0.2) is 4.79 Å². The van der Waals surface area contributed by atoms with Gasteiger partial charge in [-0.05, 0) is 38.5 Å². The summed E-state index contributed by atoms with van der Waals surface area (Å²) < 4.78 is 5.07. The van der Waals surface area contributed by atoms with Crippen LogP contribution in [0.4, 0.5) is 4.79 Å². The molecule has 0 aromatic rings. The third-order valence-corrected chi connectivity index (χ3v) is 2.87. The predicted molar refractivity (Wildman–Crippen MR) is 60.8 cm³/mol. The first-order chi connectivity index (χ1) is 6.89. The molecule has 0 aromatic carbocycles. The fourth-order valence-corrected chi connectivity index (χ4v) is 2.24. The Bertz CT molecular complexity index is 224. The van der Waals surface area contributed by atoms with Crippen LogP contribution in [0, 0.1) is 5.41 Å². The monoisotopic (exact) mass is 213 g/mol. The van der Waals surface area contributed by atoms with Crippen LogP contribution in [-0.4, -0.2) is 18.2 Å². The fraction of sp³-hybridized carbons (Fsp3) is 0.917. The number of hydrogen-bond acceptors (Lipinski definition) is 2. The summed E-state index contributed by atoms with van der Waals surface area (Å²) >= 11 is 0. The zero-order valence-electron chi connectivity index (χ0n) is 10.3. The fourth-order valence-electron chi connectivity index (χ4n) is 2.24. The Morgan fingerprint density at radius 3 is 2.67 bits per heavy atom. The van der Waals surface area contributed by atoms with Gasteiger partial charge in [0.2, 0.25) is 0 Å². The molecule has 3 heteroatoms. The summed E-state index contributed by atoms with van der Waals surface area (Å²) in [5, 5.41) is 2.94. The van der Waals surface area contributed by atoms with E-state index in [0.717, 1.165) is 12.8 Å². The van der Waals surface area contributed by atoms with Crippen molar-refractivity contribution >= 4 is 6.09 Å². The topological polar surface area (TPSA) is 38.3 Å². The molecule has 1 fully saturated rings. The maximum atomic E-state index is 11.4. The van der Waals surface area contributed by atoms with Gasteiger partial charge in [0, 0.05) is 6.04 Å². The molecule has 1 amide bonds. The van der Waals surface area contributed by atoms with Crippen LogP contribution in [0.1, 0.15) is 53.4 Å². The molecule has 0 spiro atoms. The van der Waals surface area contributed by atoms with Crippen molar-refractivity contribution in [2.75, 3.05) is 0 Å². The largest absolute Gasteiger partial charge is 0.447 e. The number of nitrogens with one attached hydrogen (secondary N) is 1. The van der Waals surface area contributed by atoms with Gasteiger partial charge in [0.1, 0.15) is 0 Å². The van der Waals surface area contributed by atoms with E-state index in [4.69, 9.17) is 4.74 Å². The van der Waals surface area contributed by atoms with Gasteiger partial charge in [0.25, 0.3) is 0 Å². The highest BCUT2D eigenvalue weighted by atomic mass is 16.6. The van der Waals surface area contributed by atoms with Crippen molar-refractivity contribution in [2.45, 2.75) is 65.5 Å². The van der Waals surface area contributed by atoms with Crippen LogP contribution in [0.25, 0.3) is 0 Å². The van der Waals surface area contributed by atoms with E-state index in [2.05, 4.69) is 19.2 Å². The van der Waals surface area contributed by atoms with Gasteiger partial charge in [-0.15, -0.1) is 0 Å². The summed E-state index contributed by atoms with van der Waals surface area (Å²) in [6.45, 7) is 8.25. The molecular weight excluding hydrogens is 190 g/mol. The Labute approximate surface area is 92.6 Å². The van der Waals surface area contributed by atoms with E-state index >= 15 is 0 Å². The normalized spacial score (nSPS) is 25.0. The number of hydrogen-bond donors (Lipinski definition) is 1. The molecule has 1 unspecified atom stereocenters. The molecule has 88 valence electrons. The van der Waals surface area contributed by atoms with Crippen LogP contribution in [0.15, 0.2) is 0 Å². The van der Waals surface area contributed by atoms with Gasteiger partial charge in [0.15, 0.2) is 0 Å². The first kappa shape index (κ1) is 12.3. The minimum absolute atomic E-state index is 0.0402. The lowest BCUT2D eigenvalue weighted by atomic mass is 9.75. The Morgan fingerprint density at radius 1 is 1.47 bits per heavy atom. The number of ether oxygens (including phenoxy) is 1. The lowest BCUT2D eigenvalue weighted by Gasteiger charge is -2.35. The number of rotatable bonds is 2. The van der Waals surface area contributed by atoms with Crippen molar-refractivity contribution < 1.29 is 9.53 Å². The summed E-state index contributed by atoms with van der Waals surface area (Å²) in [6, 6.07) is 0.292. The number of carbonyl (C=O) groups is 1. The van der Waals surface area contributed by atoms with E-state index in [0.29, 0.717) is 11.5 Å². The Balaban J connectivity index is 2.35. The van der Waals surface area contributed by atoms with Crippen molar-refractivity contribution in [3.05, 3.63) is 0 Å². The summed E-state index contributed by atoms with van der Waals surface area (Å²) in [5.74, 6) is 0. The molecule has 0 saturated heterocycles. The summed E-state index contributed by atoms with van der Waals surface area (Å²) in [6.07, 6.45) is 4.27. The molecule has 1 saturated carbocycles. The second-order valence-electron chi connectivity index (χ2n) is 5.56. The molecule has 1 rings (SSSR count). The third kappa shape index (κ3) is 4.54. The Hall–Kier alpha value is -0.730. The van der Waals surface area contributed by atoms with Gasteiger partial charge in [0.05, 0.1) is 6.10 Å². The average Bonchev–Trinajstić information content (AvgIpc) is 1.99. The number of amides is 1. The molecule has 1 N–H and O–H groups in total. The van der Waals surface area contributed by atoms with Crippen molar-refractivity contribution in [3.63, 3.8) is 0 Å². The smallest absolute Gasteiger partial charge is 0.407 e. The van der Waals surface area contributed by atoms with E-state index < -0.39 is 0 Å². The van der Waals surface area contributed by atoms with Crippen LogP contribution < -0.4 is 5.32 Å². The van der Waals surface area contributed by atoms with Crippen molar-refractivity contribution in [2.24, 2.45) is 5.41 Å². The van der Waals surface area contributed by atoms with E-state index in [1.54, 1.807) is 0 Å². The lowest BCUT2D eigenvalue weighted by molar-refractivity contribution is 0.104. The second-order valence-corrected chi connectivity index (χ2v) is 5.56. The first-order valence-electron chi connectivity index (χ1n) is 5.86. The van der Waals surface area contributed by atoms with Gasteiger partial charge in [-0.3, -0.25) is 0 Å². The molecule has 1 aliphatic carbocycles. The van der Waals surface area contributed by atoms with Gasteiger partial charge >= 0.3 is 6.09 Å². The highest BCUT2D eigenvalue weighted by molar-refractivity contribution is 5.67. The maximum absolute atomic E-state index is 11.4. The summed E-state index contributed by atoms with van der Waals surface area (Å²) in [5.41, 5.74) is 0.355. The molecule has 1 atom stereocenters. The highest BCUT2D eigenvalue weighted by Crippen LogP contribution is 2.35. The van der Waals surface area contributed by atoms with E-state index in [-0.39, 0.29) is 12.2 Å². The second kappa shape index (κ2) is 4.86. The first-order valence-corrected chi connectivity index (χ1v) is 5.86. The van der Waals surface area contributed by atoms with Crippen molar-refractivity contribution in [3.8, 4) is 0 Å². The van der Waals surface area contributed by atoms with Crippen LogP contribution in [0.2, 0.25) is 0 Å². The Morgan fingerprint density at radius 2 is 2.13 bits per heavy atom. The van der Waals surface area contributed by atoms with Gasteiger partial charge in [-0.1, -0.05) is 20.3 Å². The molecular formula is C12H23NO2. The molecule has 0 radical (unpaired) electrons. The molecule has 3 nitrogen and oxygen atoms in total. The van der Waals surface area contributed by atoms with Crippen molar-refractivity contribution in [1.29, 1.82) is 0 Å². The molecule has 15 heavy (non-hydrogen) atoms. The van der Waals surface area contributed by atoms with Gasteiger partial charge in [-0.2, -0.15) is 0 Å². The maximum Gasteiger partial charge on any atom is 0.407 e. The van der Waals surface area contributed by atoms with Crippen LogP contribution in [0.3, 0.4) is 0 Å². The number of alkyl carbamates (subject to hydrolysis) is 1. The SMILES string of the molecule is CC(C)OC(=O)NC1CCCC(C)(C)C1. The molecule has 0 aliphatic heterocycles. The predicted octanol–water partition coefficient (Wildman–Crippen LogP) is 3.09. The standard InChI is InChI=1S/C12H23NO2/c1-9(2)15-11(14)13-10-6-5-7-12(3,4)8-10/h9-10H,5-8H2,1-4H3,(H,13,14). The zero-order chi connectivity index (χ0) is 11.5. The minimum Gasteiger partial charge on any atom is -0.447 e. The quantitative estimate of drug-likeness (QED) is 0.765. The third-order valence-electron chi connectivity index (χ3n) is 2.87. The van der Waals surface area contributed by atoms with E-state index in [1.807, 2.05) is 13.8 Å². The Kier molecular flexibility index (Phi) is 4.00. The van der Waals surface area contributed by atoms with E-state index in [1.165, 1.54) is 12.8 Å². The summed E-state index contributed by atoms with van der Waals surface area (Å²) in [7, 11) is 0. The van der Waals surface area contributed by atoms with Crippen molar-refractivity contribution in [1.82, 2.24) is 5.32 Å². The van der Waals surface area contributed by atoms with Crippen LogP contribution in [-0.2, 0) is 4.74 Å². The van der Waals surface area contributed by atoms with Crippen LogP contribution in [0.5, 0.6) is 0 Å². The van der Waals surface area contributed by atoms with Crippen LogP contribution >= 0.6 is 0 Å². The van der Waals surface area contributed by atoms with E-state index in [9.17, 15) is 4.79 Å². The molecule has 1 aliphatic rings. The highest BCUT2D eigenvalue weighted by Gasteiger charge is 2.29. The van der Waals surface area contributed by atoms with Gasteiger partial charge < -0.3 is 10.1 Å². The molecule has 0 aromatic heterocycles. The lowest BCUT2D eigenvalue weighted by Crippen LogP contribution is -2.41. The minimum atomic E-state index is -0.271. The molecule has 0 heterocycles. The average molecular weight is 213 g/mol. The zero-order valence-corrected chi connectivity index (χ0v) is 10.3. The number of carbonyl (C=O) groups excluding carboxylic acids is 1. The summed E-state index contributed by atoms with van der Waals surface area (Å²) in [4.78, 5) is 11.4. The molecule has 0 bridgehead atoms.